The maximum absolute atomic E-state index is 13.0. The third kappa shape index (κ3) is 2.54. The van der Waals surface area contributed by atoms with Crippen molar-refractivity contribution >= 4 is 11.4 Å². The highest BCUT2D eigenvalue weighted by Crippen LogP contribution is 2.41. The van der Waals surface area contributed by atoms with Gasteiger partial charge in [-0.05, 0) is 30.0 Å². The second-order valence-corrected chi connectivity index (χ2v) is 5.61. The van der Waals surface area contributed by atoms with Crippen LogP contribution in [0.2, 0.25) is 0 Å². The number of hydrogen-bond acceptors (Lipinski definition) is 2. The molecule has 1 aliphatic heterocycles. The highest BCUT2D eigenvalue weighted by atomic mass is 19.4. The zero-order valence-electron chi connectivity index (χ0n) is 10.5. The Bertz CT molecular complexity index is 452. The van der Waals surface area contributed by atoms with Crippen LogP contribution in [0.1, 0.15) is 25.8 Å². The van der Waals surface area contributed by atoms with Crippen molar-refractivity contribution in [2.24, 2.45) is 5.41 Å². The van der Waals surface area contributed by atoms with Crippen LogP contribution in [0.5, 0.6) is 0 Å². The van der Waals surface area contributed by atoms with Crippen molar-refractivity contribution in [3.8, 4) is 0 Å². The molecule has 0 aliphatic carbocycles. The van der Waals surface area contributed by atoms with Crippen LogP contribution in [0.4, 0.5) is 24.5 Å². The van der Waals surface area contributed by atoms with Crippen molar-refractivity contribution in [2.45, 2.75) is 26.4 Å². The number of alkyl halides is 3. The van der Waals surface area contributed by atoms with Gasteiger partial charge in [0.25, 0.3) is 0 Å². The minimum absolute atomic E-state index is 0.0598. The van der Waals surface area contributed by atoms with E-state index in [1.807, 2.05) is 0 Å². The monoisotopic (exact) mass is 258 g/mol. The van der Waals surface area contributed by atoms with Gasteiger partial charge in [0.05, 0.1) is 5.56 Å². The zero-order valence-corrected chi connectivity index (χ0v) is 10.5. The lowest BCUT2D eigenvalue weighted by atomic mass is 9.93. The molecule has 1 heterocycles. The van der Waals surface area contributed by atoms with E-state index in [0.717, 1.165) is 12.5 Å². The first-order valence-corrected chi connectivity index (χ1v) is 5.91. The molecule has 0 atom stereocenters. The first-order chi connectivity index (χ1) is 8.19. The summed E-state index contributed by atoms with van der Waals surface area (Å²) in [5, 5.41) is 0. The van der Waals surface area contributed by atoms with Crippen molar-refractivity contribution in [3.63, 3.8) is 0 Å². The number of hydrogen-bond donors (Lipinski definition) is 1. The summed E-state index contributed by atoms with van der Waals surface area (Å²) >= 11 is 0. The molecule has 100 valence electrons. The Kier molecular flexibility index (Phi) is 2.95. The number of nitrogens with zero attached hydrogens (tertiary/aromatic N) is 1. The Morgan fingerprint density at radius 1 is 1.28 bits per heavy atom. The van der Waals surface area contributed by atoms with Gasteiger partial charge < -0.3 is 10.6 Å². The average molecular weight is 258 g/mol. The molecule has 2 nitrogen and oxygen atoms in total. The van der Waals surface area contributed by atoms with Crippen LogP contribution >= 0.6 is 0 Å². The smallest absolute Gasteiger partial charge is 0.399 e. The SMILES string of the molecule is CC1(C)CCN(c2ccc(N)cc2C(F)(F)F)C1. The molecular weight excluding hydrogens is 241 g/mol. The molecule has 0 bridgehead atoms. The van der Waals surface area contributed by atoms with E-state index in [9.17, 15) is 13.2 Å². The predicted octanol–water partition coefficient (Wildman–Crippen LogP) is 3.52. The van der Waals surface area contributed by atoms with Gasteiger partial charge in [-0.3, -0.25) is 0 Å². The van der Waals surface area contributed by atoms with Gasteiger partial charge in [0.1, 0.15) is 0 Å². The lowest BCUT2D eigenvalue weighted by molar-refractivity contribution is -0.137. The van der Waals surface area contributed by atoms with Crippen LogP contribution < -0.4 is 10.6 Å². The second kappa shape index (κ2) is 4.07. The molecule has 18 heavy (non-hydrogen) atoms. The fraction of sp³-hybridized carbons (Fsp3) is 0.538. The molecule has 0 amide bonds. The standard InChI is InChI=1S/C13H17F3N2/c1-12(2)5-6-18(8-12)11-4-3-9(17)7-10(11)13(14,15)16/h3-4,7H,5-6,8,17H2,1-2H3. The van der Waals surface area contributed by atoms with E-state index in [1.165, 1.54) is 12.1 Å². The molecule has 1 saturated heterocycles. The summed E-state index contributed by atoms with van der Waals surface area (Å²) in [7, 11) is 0. The Balaban J connectivity index is 2.40. The third-order valence-corrected chi connectivity index (χ3v) is 3.34. The van der Waals surface area contributed by atoms with Crippen molar-refractivity contribution in [2.75, 3.05) is 23.7 Å². The molecule has 2 N–H and O–H groups in total. The summed E-state index contributed by atoms with van der Waals surface area (Å²) in [6.45, 7) is 5.43. The fourth-order valence-corrected chi connectivity index (χ4v) is 2.37. The van der Waals surface area contributed by atoms with E-state index in [0.29, 0.717) is 13.1 Å². The van der Waals surface area contributed by atoms with Gasteiger partial charge in [0.2, 0.25) is 0 Å². The molecule has 1 fully saturated rings. The van der Waals surface area contributed by atoms with Crippen LogP contribution in [0.3, 0.4) is 0 Å². The number of nitrogen functional groups attached to an aromatic ring is 1. The predicted molar refractivity (Wildman–Crippen MR) is 66.5 cm³/mol. The molecule has 0 aromatic heterocycles. The number of rotatable bonds is 1. The summed E-state index contributed by atoms with van der Waals surface area (Å²) in [6.07, 6.45) is -3.47. The van der Waals surface area contributed by atoms with Gasteiger partial charge in [-0.1, -0.05) is 13.8 Å². The maximum atomic E-state index is 13.0. The first kappa shape index (κ1) is 13.1. The lowest BCUT2D eigenvalue weighted by Gasteiger charge is -2.25. The van der Waals surface area contributed by atoms with Gasteiger partial charge in [0.15, 0.2) is 0 Å². The zero-order chi connectivity index (χ0) is 13.6. The highest BCUT2D eigenvalue weighted by molar-refractivity contribution is 5.61. The van der Waals surface area contributed by atoms with E-state index in [4.69, 9.17) is 5.73 Å². The first-order valence-electron chi connectivity index (χ1n) is 5.91. The van der Waals surface area contributed by atoms with Crippen LogP contribution in [0.15, 0.2) is 18.2 Å². The summed E-state index contributed by atoms with van der Waals surface area (Å²) in [5.41, 5.74) is 5.26. The normalized spacial score (nSPS) is 19.3. The Labute approximate surface area is 105 Å². The number of nitrogens with two attached hydrogens (primary N) is 1. The van der Waals surface area contributed by atoms with E-state index in [-0.39, 0.29) is 16.8 Å². The Morgan fingerprint density at radius 3 is 2.44 bits per heavy atom. The largest absolute Gasteiger partial charge is 0.418 e. The van der Waals surface area contributed by atoms with Crippen molar-refractivity contribution in [1.82, 2.24) is 0 Å². The minimum atomic E-state index is -4.36. The summed E-state index contributed by atoms with van der Waals surface area (Å²) in [5.74, 6) is 0. The van der Waals surface area contributed by atoms with E-state index in [2.05, 4.69) is 13.8 Å². The van der Waals surface area contributed by atoms with Crippen molar-refractivity contribution < 1.29 is 13.2 Å². The van der Waals surface area contributed by atoms with Gasteiger partial charge in [-0.25, -0.2) is 0 Å². The molecule has 5 heteroatoms. The summed E-state index contributed by atoms with van der Waals surface area (Å²) < 4.78 is 39.0. The summed E-state index contributed by atoms with van der Waals surface area (Å²) in [6, 6.07) is 4.01. The maximum Gasteiger partial charge on any atom is 0.418 e. The van der Waals surface area contributed by atoms with E-state index < -0.39 is 11.7 Å². The van der Waals surface area contributed by atoms with Gasteiger partial charge in [0, 0.05) is 24.5 Å². The molecule has 0 spiro atoms. The molecule has 1 aromatic rings. The van der Waals surface area contributed by atoms with Crippen molar-refractivity contribution in [1.29, 1.82) is 0 Å². The molecule has 1 aliphatic rings. The molecule has 0 unspecified atom stereocenters. The van der Waals surface area contributed by atoms with Gasteiger partial charge in [-0.2, -0.15) is 13.2 Å². The minimum Gasteiger partial charge on any atom is -0.399 e. The molecule has 1 aromatic carbocycles. The second-order valence-electron chi connectivity index (χ2n) is 5.61. The average Bonchev–Trinajstić information content (AvgIpc) is 2.57. The van der Waals surface area contributed by atoms with Crippen LogP contribution in [0, 0.1) is 5.41 Å². The summed E-state index contributed by atoms with van der Waals surface area (Å²) in [4.78, 5) is 1.79. The number of halogens is 3. The molecular formula is C13H17F3N2. The van der Waals surface area contributed by atoms with Crippen LogP contribution in [-0.4, -0.2) is 13.1 Å². The highest BCUT2D eigenvalue weighted by Gasteiger charge is 2.38. The fourth-order valence-electron chi connectivity index (χ4n) is 2.37. The molecule has 0 saturated carbocycles. The van der Waals surface area contributed by atoms with Crippen LogP contribution in [0.25, 0.3) is 0 Å². The van der Waals surface area contributed by atoms with Gasteiger partial charge in [-0.15, -0.1) is 0 Å². The Morgan fingerprint density at radius 2 is 1.94 bits per heavy atom. The number of anilines is 2. The van der Waals surface area contributed by atoms with Crippen molar-refractivity contribution in [3.05, 3.63) is 23.8 Å². The lowest BCUT2D eigenvalue weighted by Crippen LogP contribution is -2.25. The van der Waals surface area contributed by atoms with E-state index in [1.54, 1.807) is 4.90 Å². The van der Waals surface area contributed by atoms with Gasteiger partial charge >= 0.3 is 6.18 Å². The Hall–Kier alpha value is -1.39. The topological polar surface area (TPSA) is 29.3 Å². The van der Waals surface area contributed by atoms with Crippen LogP contribution in [-0.2, 0) is 6.18 Å². The number of benzene rings is 1. The third-order valence-electron chi connectivity index (χ3n) is 3.34. The van der Waals surface area contributed by atoms with E-state index >= 15 is 0 Å². The quantitative estimate of drug-likeness (QED) is 0.781. The molecule has 2 rings (SSSR count). The molecule has 0 radical (unpaired) electrons.